The molecule has 146 valence electrons. The first kappa shape index (κ1) is 20.0. The van der Waals surface area contributed by atoms with Crippen LogP contribution >= 0.6 is 15.9 Å². The molecule has 1 aliphatic rings. The van der Waals surface area contributed by atoms with Crippen molar-refractivity contribution in [1.29, 1.82) is 0 Å². The van der Waals surface area contributed by atoms with E-state index in [0.717, 1.165) is 39.5 Å². The van der Waals surface area contributed by atoms with Gasteiger partial charge in [0.2, 0.25) is 5.88 Å². The molecule has 1 fully saturated rings. The van der Waals surface area contributed by atoms with Crippen molar-refractivity contribution in [2.45, 2.75) is 46.0 Å². The molecule has 0 aliphatic heterocycles. The maximum atomic E-state index is 6.09. The predicted octanol–water partition coefficient (Wildman–Crippen LogP) is 5.69. The van der Waals surface area contributed by atoms with Crippen molar-refractivity contribution in [3.05, 3.63) is 45.6 Å². The van der Waals surface area contributed by atoms with E-state index in [0.29, 0.717) is 12.5 Å². The molecule has 4 nitrogen and oxygen atoms in total. The van der Waals surface area contributed by atoms with Crippen molar-refractivity contribution in [2.24, 2.45) is 5.41 Å². The molecular weight excluding hydrogens is 406 g/mol. The van der Waals surface area contributed by atoms with Crippen molar-refractivity contribution in [3.63, 3.8) is 0 Å². The van der Waals surface area contributed by atoms with E-state index in [2.05, 4.69) is 36.7 Å². The number of nitrogens with zero attached hydrogens (tertiary/aromatic N) is 1. The molecule has 1 heterocycles. The average molecular weight is 434 g/mol. The Morgan fingerprint density at radius 2 is 1.70 bits per heavy atom. The van der Waals surface area contributed by atoms with Gasteiger partial charge in [-0.1, -0.05) is 13.8 Å². The van der Waals surface area contributed by atoms with Gasteiger partial charge >= 0.3 is 0 Å². The highest BCUT2D eigenvalue weighted by atomic mass is 79.9. The number of hydrogen-bond donors (Lipinski definition) is 0. The summed E-state index contributed by atoms with van der Waals surface area (Å²) in [5.74, 6) is 2.78. The molecule has 0 atom stereocenters. The molecule has 0 N–H and O–H groups in total. The van der Waals surface area contributed by atoms with E-state index in [1.165, 1.54) is 18.4 Å². The van der Waals surface area contributed by atoms with Crippen LogP contribution < -0.4 is 14.2 Å². The highest BCUT2D eigenvalue weighted by Gasteiger charge is 2.44. The summed E-state index contributed by atoms with van der Waals surface area (Å²) in [5, 5.41) is 0. The van der Waals surface area contributed by atoms with Crippen LogP contribution in [0.25, 0.3) is 0 Å². The van der Waals surface area contributed by atoms with Gasteiger partial charge in [0, 0.05) is 21.1 Å². The van der Waals surface area contributed by atoms with Crippen LogP contribution in [0.4, 0.5) is 0 Å². The van der Waals surface area contributed by atoms with Crippen LogP contribution in [0.5, 0.6) is 17.4 Å². The summed E-state index contributed by atoms with van der Waals surface area (Å²) in [4.78, 5) is 4.72. The minimum atomic E-state index is 0.192. The zero-order valence-corrected chi connectivity index (χ0v) is 18.4. The summed E-state index contributed by atoms with van der Waals surface area (Å²) < 4.78 is 17.9. The van der Waals surface area contributed by atoms with Crippen molar-refractivity contribution in [1.82, 2.24) is 4.98 Å². The van der Waals surface area contributed by atoms with E-state index < -0.39 is 0 Å². The Hall–Kier alpha value is -1.75. The number of rotatable bonds is 8. The van der Waals surface area contributed by atoms with Gasteiger partial charge in [0.1, 0.15) is 11.5 Å². The SMILES string of the molecule is COc1ccc(OCC2(Cc3c(C)nc(OC)c(C(C)C)c3Br)CC2)cc1. The molecule has 5 heteroatoms. The highest BCUT2D eigenvalue weighted by Crippen LogP contribution is 2.50. The second kappa shape index (κ2) is 8.09. The van der Waals surface area contributed by atoms with E-state index in [-0.39, 0.29) is 5.41 Å². The predicted molar refractivity (Wildman–Crippen MR) is 111 cm³/mol. The molecular formula is C22H28BrNO3. The lowest BCUT2D eigenvalue weighted by Gasteiger charge is -2.22. The van der Waals surface area contributed by atoms with Gasteiger partial charge in [0.15, 0.2) is 0 Å². The molecule has 27 heavy (non-hydrogen) atoms. The fraction of sp³-hybridized carbons (Fsp3) is 0.500. The first-order valence-corrected chi connectivity index (χ1v) is 10.2. The summed E-state index contributed by atoms with van der Waals surface area (Å²) >= 11 is 3.84. The van der Waals surface area contributed by atoms with E-state index in [4.69, 9.17) is 19.2 Å². The summed E-state index contributed by atoms with van der Waals surface area (Å²) in [6.45, 7) is 7.12. The molecule has 3 rings (SSSR count). The van der Waals surface area contributed by atoms with Crippen LogP contribution in [0.2, 0.25) is 0 Å². The normalized spacial score (nSPS) is 14.9. The second-order valence-electron chi connectivity index (χ2n) is 7.71. The van der Waals surface area contributed by atoms with Gasteiger partial charge in [-0.3, -0.25) is 0 Å². The van der Waals surface area contributed by atoms with Gasteiger partial charge in [-0.2, -0.15) is 0 Å². The molecule has 1 aromatic heterocycles. The monoisotopic (exact) mass is 433 g/mol. The smallest absolute Gasteiger partial charge is 0.217 e. The van der Waals surface area contributed by atoms with Crippen molar-refractivity contribution < 1.29 is 14.2 Å². The van der Waals surface area contributed by atoms with Crippen LogP contribution in [0.15, 0.2) is 28.7 Å². The Bertz CT molecular complexity index is 798. The Morgan fingerprint density at radius 1 is 1.07 bits per heavy atom. The summed E-state index contributed by atoms with van der Waals surface area (Å²) in [5.41, 5.74) is 3.64. The summed E-state index contributed by atoms with van der Waals surface area (Å²) in [6, 6.07) is 7.78. The van der Waals surface area contributed by atoms with E-state index in [9.17, 15) is 0 Å². The molecule has 0 radical (unpaired) electrons. The average Bonchev–Trinajstić information content (AvgIpc) is 3.43. The lowest BCUT2D eigenvalue weighted by atomic mass is 9.93. The first-order valence-electron chi connectivity index (χ1n) is 9.39. The second-order valence-corrected chi connectivity index (χ2v) is 8.50. The zero-order valence-electron chi connectivity index (χ0n) is 16.8. The van der Waals surface area contributed by atoms with Crippen molar-refractivity contribution >= 4 is 15.9 Å². The number of aromatic nitrogens is 1. The third-order valence-electron chi connectivity index (χ3n) is 5.32. The number of benzene rings is 1. The van der Waals surface area contributed by atoms with Crippen LogP contribution in [-0.4, -0.2) is 25.8 Å². The fourth-order valence-electron chi connectivity index (χ4n) is 3.39. The van der Waals surface area contributed by atoms with Gasteiger partial charge in [-0.25, -0.2) is 4.98 Å². The third kappa shape index (κ3) is 4.40. The third-order valence-corrected chi connectivity index (χ3v) is 6.23. The number of hydrogen-bond acceptors (Lipinski definition) is 4. The lowest BCUT2D eigenvalue weighted by Crippen LogP contribution is -2.18. The lowest BCUT2D eigenvalue weighted by molar-refractivity contribution is 0.232. The molecule has 0 amide bonds. The largest absolute Gasteiger partial charge is 0.497 e. The molecule has 0 bridgehead atoms. The van der Waals surface area contributed by atoms with Crippen LogP contribution in [0.1, 0.15) is 49.4 Å². The maximum absolute atomic E-state index is 6.09. The molecule has 1 saturated carbocycles. The zero-order chi connectivity index (χ0) is 19.6. The van der Waals surface area contributed by atoms with Gasteiger partial charge in [0.05, 0.1) is 20.8 Å². The Morgan fingerprint density at radius 3 is 2.22 bits per heavy atom. The molecule has 1 aliphatic carbocycles. The van der Waals surface area contributed by atoms with Gasteiger partial charge in [-0.15, -0.1) is 0 Å². The van der Waals surface area contributed by atoms with Gasteiger partial charge < -0.3 is 14.2 Å². The Kier molecular flexibility index (Phi) is 5.99. The fourth-order valence-corrected chi connectivity index (χ4v) is 4.44. The topological polar surface area (TPSA) is 40.6 Å². The maximum Gasteiger partial charge on any atom is 0.217 e. The summed E-state index contributed by atoms with van der Waals surface area (Å²) in [6.07, 6.45) is 3.32. The number of pyridine rings is 1. The van der Waals surface area contributed by atoms with Gasteiger partial charge in [0.25, 0.3) is 0 Å². The van der Waals surface area contributed by atoms with Crippen molar-refractivity contribution in [2.75, 3.05) is 20.8 Å². The Balaban J connectivity index is 1.76. The molecule has 0 unspecified atom stereocenters. The van der Waals surface area contributed by atoms with Gasteiger partial charge in [-0.05, 0) is 77.9 Å². The summed E-state index contributed by atoms with van der Waals surface area (Å²) in [7, 11) is 3.36. The quantitative estimate of drug-likeness (QED) is 0.535. The Labute approximate surface area is 170 Å². The number of ether oxygens (including phenoxy) is 3. The number of methoxy groups -OCH3 is 2. The van der Waals surface area contributed by atoms with E-state index in [1.807, 2.05) is 24.3 Å². The standard InChI is InChI=1S/C22H28BrNO3/c1-14(2)19-20(23)18(15(3)24-21(19)26-5)12-22(10-11-22)13-27-17-8-6-16(25-4)7-9-17/h6-9,14H,10-13H2,1-5H3. The van der Waals surface area contributed by atoms with Crippen LogP contribution in [0, 0.1) is 12.3 Å². The van der Waals surface area contributed by atoms with Crippen molar-refractivity contribution in [3.8, 4) is 17.4 Å². The highest BCUT2D eigenvalue weighted by molar-refractivity contribution is 9.10. The minimum absolute atomic E-state index is 0.192. The molecule has 0 spiro atoms. The number of aryl methyl sites for hydroxylation is 1. The minimum Gasteiger partial charge on any atom is -0.497 e. The van der Waals surface area contributed by atoms with E-state index >= 15 is 0 Å². The van der Waals surface area contributed by atoms with Crippen LogP contribution in [-0.2, 0) is 6.42 Å². The molecule has 1 aromatic carbocycles. The first-order chi connectivity index (χ1) is 12.9. The van der Waals surface area contributed by atoms with E-state index in [1.54, 1.807) is 14.2 Å². The molecule has 0 saturated heterocycles. The number of halogens is 1. The van der Waals surface area contributed by atoms with Crippen LogP contribution in [0.3, 0.4) is 0 Å². The molecule has 2 aromatic rings.